The van der Waals surface area contributed by atoms with Gasteiger partial charge in [-0.25, -0.2) is 4.39 Å². The maximum absolute atomic E-state index is 13.5. The van der Waals surface area contributed by atoms with Crippen LogP contribution in [0, 0.1) is 5.82 Å². The fourth-order valence-corrected chi connectivity index (χ4v) is 1.87. The third-order valence-corrected chi connectivity index (χ3v) is 2.91. The van der Waals surface area contributed by atoms with Gasteiger partial charge in [0.2, 0.25) is 0 Å². The van der Waals surface area contributed by atoms with Crippen molar-refractivity contribution < 1.29 is 13.9 Å². The van der Waals surface area contributed by atoms with E-state index in [9.17, 15) is 4.39 Å². The fourth-order valence-electron chi connectivity index (χ4n) is 1.70. The minimum absolute atomic E-state index is 0.104. The molecule has 2 nitrogen and oxygen atoms in total. The van der Waals surface area contributed by atoms with Crippen LogP contribution < -0.4 is 4.74 Å². The first kappa shape index (κ1) is 11.7. The molecule has 1 aromatic carbocycles. The lowest BCUT2D eigenvalue weighted by atomic mass is 10.2. The van der Waals surface area contributed by atoms with Crippen LogP contribution in [0.25, 0.3) is 0 Å². The van der Waals surface area contributed by atoms with Crippen molar-refractivity contribution in [2.75, 3.05) is 13.2 Å². The Morgan fingerprint density at radius 2 is 2.38 bits per heavy atom. The zero-order valence-corrected chi connectivity index (χ0v) is 9.67. The number of alkyl halides is 1. The number of rotatable bonds is 4. The van der Waals surface area contributed by atoms with Gasteiger partial charge in [0.05, 0.1) is 6.10 Å². The topological polar surface area (TPSA) is 18.5 Å². The van der Waals surface area contributed by atoms with Crippen LogP contribution in [0.5, 0.6) is 5.75 Å². The zero-order valence-electron chi connectivity index (χ0n) is 8.92. The highest BCUT2D eigenvalue weighted by Crippen LogP contribution is 2.21. The molecule has 1 saturated heterocycles. The van der Waals surface area contributed by atoms with Crippen molar-refractivity contribution in [3.63, 3.8) is 0 Å². The molecule has 0 radical (unpaired) electrons. The van der Waals surface area contributed by atoms with Crippen LogP contribution in [-0.2, 0) is 10.6 Å². The Labute approximate surface area is 99.3 Å². The molecule has 1 aliphatic rings. The minimum Gasteiger partial charge on any atom is -0.488 e. The predicted octanol–water partition coefficient (Wildman–Crippen LogP) is 3.12. The van der Waals surface area contributed by atoms with Crippen LogP contribution in [0.15, 0.2) is 18.2 Å². The van der Waals surface area contributed by atoms with Crippen LogP contribution in [0.1, 0.15) is 18.4 Å². The molecule has 1 aliphatic heterocycles. The quantitative estimate of drug-likeness (QED) is 0.758. The smallest absolute Gasteiger partial charge is 0.165 e. The Bertz CT molecular complexity index is 351. The predicted molar refractivity (Wildman–Crippen MR) is 60.4 cm³/mol. The van der Waals surface area contributed by atoms with E-state index in [-0.39, 0.29) is 17.7 Å². The Hall–Kier alpha value is -0.800. The average Bonchev–Trinajstić information content (AvgIpc) is 2.80. The number of halogens is 2. The zero-order chi connectivity index (χ0) is 11.4. The second-order valence-corrected chi connectivity index (χ2v) is 4.11. The van der Waals surface area contributed by atoms with Crippen molar-refractivity contribution in [1.82, 2.24) is 0 Å². The van der Waals surface area contributed by atoms with Crippen LogP contribution in [0.4, 0.5) is 4.39 Å². The van der Waals surface area contributed by atoms with Crippen LogP contribution in [-0.4, -0.2) is 19.3 Å². The Kier molecular flexibility index (Phi) is 4.02. The van der Waals surface area contributed by atoms with Gasteiger partial charge >= 0.3 is 0 Å². The molecule has 16 heavy (non-hydrogen) atoms. The second kappa shape index (κ2) is 5.51. The molecular weight excluding hydrogens is 231 g/mol. The molecule has 4 heteroatoms. The van der Waals surface area contributed by atoms with Crippen molar-refractivity contribution in [2.24, 2.45) is 0 Å². The Morgan fingerprint density at radius 1 is 1.50 bits per heavy atom. The summed E-state index contributed by atoms with van der Waals surface area (Å²) in [5, 5.41) is 0. The summed E-state index contributed by atoms with van der Waals surface area (Å²) in [4.78, 5) is 0. The fraction of sp³-hybridized carbons (Fsp3) is 0.500. The molecule has 0 aromatic heterocycles. The van der Waals surface area contributed by atoms with E-state index in [0.29, 0.717) is 12.5 Å². The molecule has 2 rings (SSSR count). The maximum Gasteiger partial charge on any atom is 0.165 e. The highest BCUT2D eigenvalue weighted by atomic mass is 35.5. The van der Waals surface area contributed by atoms with Crippen molar-refractivity contribution in [3.05, 3.63) is 29.6 Å². The van der Waals surface area contributed by atoms with Crippen LogP contribution in [0.2, 0.25) is 0 Å². The van der Waals surface area contributed by atoms with E-state index in [1.165, 1.54) is 6.07 Å². The van der Waals surface area contributed by atoms with Gasteiger partial charge in [0.25, 0.3) is 0 Å². The molecule has 1 atom stereocenters. The van der Waals surface area contributed by atoms with Crippen LogP contribution in [0.3, 0.4) is 0 Å². The largest absolute Gasteiger partial charge is 0.488 e. The summed E-state index contributed by atoms with van der Waals surface area (Å²) in [7, 11) is 0. The Balaban J connectivity index is 1.93. The van der Waals surface area contributed by atoms with E-state index in [0.717, 1.165) is 25.0 Å². The lowest BCUT2D eigenvalue weighted by Gasteiger charge is -2.12. The summed E-state index contributed by atoms with van der Waals surface area (Å²) in [6.07, 6.45) is 2.15. The van der Waals surface area contributed by atoms with Gasteiger partial charge in [0.15, 0.2) is 11.6 Å². The average molecular weight is 245 g/mol. The molecule has 0 bridgehead atoms. The van der Waals surface area contributed by atoms with Crippen LogP contribution >= 0.6 is 11.6 Å². The molecule has 88 valence electrons. The van der Waals surface area contributed by atoms with Gasteiger partial charge in [-0.3, -0.25) is 0 Å². The number of hydrogen-bond acceptors (Lipinski definition) is 2. The minimum atomic E-state index is -0.365. The van der Waals surface area contributed by atoms with E-state index in [4.69, 9.17) is 21.1 Å². The van der Waals surface area contributed by atoms with E-state index >= 15 is 0 Å². The normalized spacial score (nSPS) is 20.0. The summed E-state index contributed by atoms with van der Waals surface area (Å²) < 4.78 is 24.3. The molecule has 0 N–H and O–H groups in total. The summed E-state index contributed by atoms with van der Waals surface area (Å²) in [5.41, 5.74) is 0.753. The lowest BCUT2D eigenvalue weighted by Crippen LogP contribution is -2.16. The first-order chi connectivity index (χ1) is 7.79. The standard InChI is InChI=1S/C12H14ClFO2/c13-7-9-3-4-12(11(14)6-9)16-8-10-2-1-5-15-10/h3-4,6,10H,1-2,5,7-8H2. The molecule has 0 aliphatic carbocycles. The molecule has 0 spiro atoms. The lowest BCUT2D eigenvalue weighted by molar-refractivity contribution is 0.0666. The van der Waals surface area contributed by atoms with E-state index in [2.05, 4.69) is 0 Å². The summed E-state index contributed by atoms with van der Waals surface area (Å²) in [6.45, 7) is 1.19. The third kappa shape index (κ3) is 2.86. The maximum atomic E-state index is 13.5. The van der Waals surface area contributed by atoms with Crippen molar-refractivity contribution >= 4 is 11.6 Å². The van der Waals surface area contributed by atoms with Crippen molar-refractivity contribution in [3.8, 4) is 5.75 Å². The van der Waals surface area contributed by atoms with Gasteiger partial charge in [-0.05, 0) is 30.5 Å². The molecule has 0 saturated carbocycles. The molecule has 1 aromatic rings. The van der Waals surface area contributed by atoms with E-state index < -0.39 is 0 Å². The summed E-state index contributed by atoms with van der Waals surface area (Å²) >= 11 is 5.60. The third-order valence-electron chi connectivity index (χ3n) is 2.60. The highest BCUT2D eigenvalue weighted by Gasteiger charge is 2.16. The molecule has 1 unspecified atom stereocenters. The van der Waals surface area contributed by atoms with Crippen molar-refractivity contribution in [1.29, 1.82) is 0 Å². The number of ether oxygens (including phenoxy) is 2. The first-order valence-corrected chi connectivity index (χ1v) is 5.92. The SMILES string of the molecule is Fc1cc(CCl)ccc1OCC1CCCO1. The first-order valence-electron chi connectivity index (χ1n) is 5.38. The Morgan fingerprint density at radius 3 is 3.00 bits per heavy atom. The van der Waals surface area contributed by atoms with Crippen molar-refractivity contribution in [2.45, 2.75) is 24.8 Å². The van der Waals surface area contributed by atoms with Gasteiger partial charge in [0, 0.05) is 12.5 Å². The number of benzene rings is 1. The van der Waals surface area contributed by atoms with E-state index in [1.807, 2.05) is 0 Å². The van der Waals surface area contributed by atoms with Gasteiger partial charge in [-0.2, -0.15) is 0 Å². The summed E-state index contributed by atoms with van der Waals surface area (Å²) in [6, 6.07) is 4.78. The molecule has 1 heterocycles. The molecule has 1 fully saturated rings. The highest BCUT2D eigenvalue weighted by molar-refractivity contribution is 6.17. The van der Waals surface area contributed by atoms with Gasteiger partial charge in [0.1, 0.15) is 6.61 Å². The van der Waals surface area contributed by atoms with Gasteiger partial charge in [-0.15, -0.1) is 11.6 Å². The molecule has 0 amide bonds. The second-order valence-electron chi connectivity index (χ2n) is 3.84. The van der Waals surface area contributed by atoms with Gasteiger partial charge in [-0.1, -0.05) is 6.07 Å². The molecular formula is C12H14ClFO2. The van der Waals surface area contributed by atoms with Gasteiger partial charge < -0.3 is 9.47 Å². The number of hydrogen-bond donors (Lipinski definition) is 0. The summed E-state index contributed by atoms with van der Waals surface area (Å²) in [5.74, 6) is 0.212. The van der Waals surface area contributed by atoms with E-state index in [1.54, 1.807) is 12.1 Å². The monoisotopic (exact) mass is 244 g/mol.